The molecule has 0 bridgehead atoms. The number of rotatable bonds is 3. The molecule has 3 nitrogen and oxygen atoms in total. The van der Waals surface area contributed by atoms with Crippen molar-refractivity contribution >= 4 is 33.0 Å². The molecule has 1 aliphatic rings. The summed E-state index contributed by atoms with van der Waals surface area (Å²) >= 11 is 0. The van der Waals surface area contributed by atoms with Crippen LogP contribution in [0.3, 0.4) is 0 Å². The first kappa shape index (κ1) is 26.8. The van der Waals surface area contributed by atoms with Crippen molar-refractivity contribution in [3.63, 3.8) is 0 Å². The molecule has 0 atom stereocenters. The molecule has 8 aromatic rings. The highest BCUT2D eigenvalue weighted by Crippen LogP contribution is 2.52. The molecule has 0 fully saturated rings. The van der Waals surface area contributed by atoms with Gasteiger partial charge in [0.2, 0.25) is 0 Å². The second kappa shape index (κ2) is 9.73. The Morgan fingerprint density at radius 2 is 1.37 bits per heavy atom. The predicted molar refractivity (Wildman–Crippen MR) is 190 cm³/mol. The number of aryl methyl sites for hydroxylation is 1. The normalized spacial score (nSPS) is 13.6. The maximum absolute atomic E-state index is 6.72. The Balaban J connectivity index is 1.23. The lowest BCUT2D eigenvalue weighted by atomic mass is 9.74. The van der Waals surface area contributed by atoms with Crippen LogP contribution in [0, 0.1) is 13.8 Å². The molecule has 0 spiro atoms. The fourth-order valence-electron chi connectivity index (χ4n) is 7.74. The molecule has 0 amide bonds. The Kier molecular flexibility index (Phi) is 5.67. The minimum atomic E-state index is -0.171. The Bertz CT molecular complexity index is 2500. The van der Waals surface area contributed by atoms with Crippen LogP contribution in [0.1, 0.15) is 36.1 Å². The molecule has 3 heteroatoms. The van der Waals surface area contributed by atoms with E-state index in [1.54, 1.807) is 0 Å². The van der Waals surface area contributed by atoms with Crippen molar-refractivity contribution in [1.29, 1.82) is 0 Å². The molecule has 0 radical (unpaired) electrons. The molecule has 9 rings (SSSR count). The standard InChI is InChI=1S/C43H33NO2/c1-26-23-24-30(27(2)39(26)33-17-12-19-35-41(33)46-38-22-10-7-18-34(38)43(35,3)4)28-13-11-14-29(25-28)44-36-20-8-5-15-31(36)42-40(44)32-16-6-9-21-37(32)45-42/h5-25H,1-4H3. The van der Waals surface area contributed by atoms with Gasteiger partial charge in [-0.05, 0) is 84.1 Å². The van der Waals surface area contributed by atoms with E-state index in [-0.39, 0.29) is 5.41 Å². The maximum Gasteiger partial charge on any atom is 0.161 e. The van der Waals surface area contributed by atoms with Crippen molar-refractivity contribution in [3.8, 4) is 39.4 Å². The van der Waals surface area contributed by atoms with Gasteiger partial charge in [-0.25, -0.2) is 0 Å². The number of aromatic nitrogens is 1. The lowest BCUT2D eigenvalue weighted by Crippen LogP contribution is -2.24. The van der Waals surface area contributed by atoms with Crippen LogP contribution in [-0.2, 0) is 5.41 Å². The van der Waals surface area contributed by atoms with Gasteiger partial charge in [-0.1, -0.05) is 98.8 Å². The number of ether oxygens (including phenoxy) is 1. The molecule has 0 saturated carbocycles. The molecule has 0 saturated heterocycles. The number of para-hydroxylation sites is 4. The van der Waals surface area contributed by atoms with E-state index >= 15 is 0 Å². The molecule has 1 aliphatic heterocycles. The van der Waals surface area contributed by atoms with Crippen molar-refractivity contribution < 1.29 is 9.15 Å². The van der Waals surface area contributed by atoms with Crippen LogP contribution in [0.25, 0.3) is 60.9 Å². The third kappa shape index (κ3) is 3.72. The Morgan fingerprint density at radius 1 is 0.630 bits per heavy atom. The zero-order valence-electron chi connectivity index (χ0n) is 26.4. The fraction of sp³-hybridized carbons (Fsp3) is 0.116. The summed E-state index contributed by atoms with van der Waals surface area (Å²) in [4.78, 5) is 0. The second-order valence-electron chi connectivity index (χ2n) is 13.0. The van der Waals surface area contributed by atoms with Crippen LogP contribution in [0.5, 0.6) is 11.5 Å². The third-order valence-corrected chi connectivity index (χ3v) is 10.0. The first-order valence-corrected chi connectivity index (χ1v) is 15.9. The van der Waals surface area contributed by atoms with E-state index in [4.69, 9.17) is 9.15 Å². The lowest BCUT2D eigenvalue weighted by Gasteiger charge is -2.35. The molecule has 0 unspecified atom stereocenters. The van der Waals surface area contributed by atoms with Gasteiger partial charge < -0.3 is 13.7 Å². The molecule has 46 heavy (non-hydrogen) atoms. The zero-order valence-corrected chi connectivity index (χ0v) is 26.4. The van der Waals surface area contributed by atoms with E-state index in [9.17, 15) is 0 Å². The highest BCUT2D eigenvalue weighted by atomic mass is 16.5. The van der Waals surface area contributed by atoms with Gasteiger partial charge in [0.05, 0.1) is 5.52 Å². The van der Waals surface area contributed by atoms with Gasteiger partial charge in [-0.15, -0.1) is 0 Å². The van der Waals surface area contributed by atoms with E-state index in [1.807, 2.05) is 12.1 Å². The van der Waals surface area contributed by atoms with Gasteiger partial charge in [-0.2, -0.15) is 0 Å². The van der Waals surface area contributed by atoms with E-state index in [2.05, 4.69) is 148 Å². The summed E-state index contributed by atoms with van der Waals surface area (Å²) in [6.45, 7) is 9.04. The van der Waals surface area contributed by atoms with Crippen LogP contribution in [-0.4, -0.2) is 4.57 Å². The average molecular weight is 596 g/mol. The topological polar surface area (TPSA) is 27.3 Å². The van der Waals surface area contributed by atoms with E-state index in [0.29, 0.717) is 0 Å². The molecule has 2 aromatic heterocycles. The van der Waals surface area contributed by atoms with E-state index in [1.165, 1.54) is 38.9 Å². The minimum Gasteiger partial charge on any atom is -0.456 e. The number of furan rings is 1. The SMILES string of the molecule is Cc1ccc(-c2cccc(-n3c4ccccc4c4oc5ccccc5c43)c2)c(C)c1-c1cccc2c1Oc1ccccc1C2(C)C. The molecule has 222 valence electrons. The van der Waals surface area contributed by atoms with Crippen molar-refractivity contribution in [3.05, 3.63) is 150 Å². The summed E-state index contributed by atoms with van der Waals surface area (Å²) in [5.41, 5.74) is 14.6. The maximum atomic E-state index is 6.72. The molecule has 3 heterocycles. The van der Waals surface area contributed by atoms with Crippen molar-refractivity contribution in [2.24, 2.45) is 0 Å². The molecule has 6 aromatic carbocycles. The molecule has 0 aliphatic carbocycles. The first-order chi connectivity index (χ1) is 22.4. The number of fused-ring (bicyclic) bond motifs is 7. The van der Waals surface area contributed by atoms with Crippen molar-refractivity contribution in [2.75, 3.05) is 0 Å². The largest absolute Gasteiger partial charge is 0.456 e. The van der Waals surface area contributed by atoms with Gasteiger partial charge in [-0.3, -0.25) is 0 Å². The van der Waals surface area contributed by atoms with Crippen molar-refractivity contribution in [2.45, 2.75) is 33.1 Å². The fourth-order valence-corrected chi connectivity index (χ4v) is 7.74. The van der Waals surface area contributed by atoms with E-state index in [0.717, 1.165) is 55.7 Å². The zero-order chi connectivity index (χ0) is 31.2. The summed E-state index contributed by atoms with van der Waals surface area (Å²) in [5.74, 6) is 1.89. The van der Waals surface area contributed by atoms with Crippen LogP contribution < -0.4 is 4.74 Å². The number of hydrogen-bond acceptors (Lipinski definition) is 2. The van der Waals surface area contributed by atoms with Crippen LogP contribution in [0.2, 0.25) is 0 Å². The van der Waals surface area contributed by atoms with Crippen LogP contribution in [0.4, 0.5) is 0 Å². The molecular weight excluding hydrogens is 562 g/mol. The smallest absolute Gasteiger partial charge is 0.161 e. The second-order valence-corrected chi connectivity index (χ2v) is 13.0. The Labute approximate surface area is 268 Å². The third-order valence-electron chi connectivity index (χ3n) is 10.0. The quantitative estimate of drug-likeness (QED) is 0.203. The number of benzene rings is 6. The van der Waals surface area contributed by atoms with Gasteiger partial charge in [0.25, 0.3) is 0 Å². The summed E-state index contributed by atoms with van der Waals surface area (Å²) in [7, 11) is 0. The van der Waals surface area contributed by atoms with Gasteiger partial charge >= 0.3 is 0 Å². The summed E-state index contributed by atoms with van der Waals surface area (Å²) in [5, 5.41) is 2.23. The molecule has 0 N–H and O–H groups in total. The first-order valence-electron chi connectivity index (χ1n) is 15.9. The van der Waals surface area contributed by atoms with Gasteiger partial charge in [0.15, 0.2) is 5.58 Å². The Hall–Kier alpha value is -5.54. The summed E-state index contributed by atoms with van der Waals surface area (Å²) < 4.78 is 15.5. The highest BCUT2D eigenvalue weighted by Gasteiger charge is 2.35. The van der Waals surface area contributed by atoms with Crippen LogP contribution >= 0.6 is 0 Å². The monoisotopic (exact) mass is 595 g/mol. The highest BCUT2D eigenvalue weighted by molar-refractivity contribution is 6.16. The number of nitrogens with zero attached hydrogens (tertiary/aromatic N) is 1. The Morgan fingerprint density at radius 3 is 2.26 bits per heavy atom. The van der Waals surface area contributed by atoms with Crippen molar-refractivity contribution in [1.82, 2.24) is 4.57 Å². The van der Waals surface area contributed by atoms with Gasteiger partial charge in [0.1, 0.15) is 22.6 Å². The van der Waals surface area contributed by atoms with Crippen LogP contribution in [0.15, 0.2) is 132 Å². The predicted octanol–water partition coefficient (Wildman–Crippen LogP) is 11.9. The van der Waals surface area contributed by atoms with E-state index < -0.39 is 0 Å². The number of hydrogen-bond donors (Lipinski definition) is 0. The molecular formula is C43H33NO2. The minimum absolute atomic E-state index is 0.171. The summed E-state index contributed by atoms with van der Waals surface area (Å²) in [6, 6.07) is 45.3. The lowest BCUT2D eigenvalue weighted by molar-refractivity contribution is 0.419. The summed E-state index contributed by atoms with van der Waals surface area (Å²) in [6.07, 6.45) is 0. The average Bonchev–Trinajstić information content (AvgIpc) is 3.60. The van der Waals surface area contributed by atoms with Gasteiger partial charge in [0, 0.05) is 38.6 Å².